The van der Waals surface area contributed by atoms with Gasteiger partial charge in [0.15, 0.2) is 0 Å². The van der Waals surface area contributed by atoms with Gasteiger partial charge < -0.3 is 10.1 Å². The molecule has 1 saturated heterocycles. The molecule has 1 unspecified atom stereocenters. The van der Waals surface area contributed by atoms with Crippen LogP contribution in [0.2, 0.25) is 0 Å². The van der Waals surface area contributed by atoms with Crippen molar-refractivity contribution in [3.8, 4) is 0 Å². The lowest BCUT2D eigenvalue weighted by atomic mass is 10.1. The number of amides is 2. The molecule has 1 aliphatic heterocycles. The predicted molar refractivity (Wildman–Crippen MR) is 105 cm³/mol. The minimum absolute atomic E-state index is 0.0107. The number of nitrogens with one attached hydrogen (secondary N) is 1. The summed E-state index contributed by atoms with van der Waals surface area (Å²) in [6, 6.07) is 15.7. The molecule has 2 amide bonds. The van der Waals surface area contributed by atoms with Gasteiger partial charge in [-0.05, 0) is 41.8 Å². The third kappa shape index (κ3) is 4.08. The zero-order valence-electron chi connectivity index (χ0n) is 14.9. The summed E-state index contributed by atoms with van der Waals surface area (Å²) in [5, 5.41) is 2.71. The van der Waals surface area contributed by atoms with Crippen LogP contribution in [0.5, 0.6) is 0 Å². The summed E-state index contributed by atoms with van der Waals surface area (Å²) in [6.45, 7) is 2.12. The maximum atomic E-state index is 12.5. The third-order valence-corrected chi connectivity index (χ3v) is 5.43. The maximum absolute atomic E-state index is 12.5. The highest BCUT2D eigenvalue weighted by Crippen LogP contribution is 2.42. The number of ether oxygens (including phenoxy) is 1. The quantitative estimate of drug-likeness (QED) is 0.844. The largest absolute Gasteiger partial charge is 0.375 e. The molecule has 1 aliphatic rings. The first-order valence-electron chi connectivity index (χ1n) is 8.53. The van der Waals surface area contributed by atoms with Gasteiger partial charge in [-0.1, -0.05) is 31.2 Å². The van der Waals surface area contributed by atoms with Crippen LogP contribution in [0.3, 0.4) is 0 Å². The zero-order chi connectivity index (χ0) is 18.5. The van der Waals surface area contributed by atoms with Crippen LogP contribution in [0.25, 0.3) is 0 Å². The second-order valence-corrected chi connectivity index (χ2v) is 7.12. The maximum Gasteiger partial charge on any atom is 0.250 e. The highest BCUT2D eigenvalue weighted by Gasteiger charge is 2.34. The number of hydrogen-bond donors (Lipinski definition) is 1. The fourth-order valence-corrected chi connectivity index (χ4v) is 4.11. The Balaban J connectivity index is 1.84. The van der Waals surface area contributed by atoms with Crippen LogP contribution in [0.1, 0.15) is 23.4 Å². The summed E-state index contributed by atoms with van der Waals surface area (Å²) in [5.74, 6) is 0.338. The van der Waals surface area contributed by atoms with E-state index in [-0.39, 0.29) is 23.8 Å². The Hall–Kier alpha value is -2.31. The van der Waals surface area contributed by atoms with Crippen molar-refractivity contribution in [2.75, 3.05) is 29.7 Å². The molecule has 3 rings (SSSR count). The van der Waals surface area contributed by atoms with Crippen molar-refractivity contribution in [2.45, 2.75) is 18.7 Å². The highest BCUT2D eigenvalue weighted by molar-refractivity contribution is 8.00. The van der Waals surface area contributed by atoms with Crippen molar-refractivity contribution in [1.29, 1.82) is 0 Å². The molecule has 1 atom stereocenters. The average molecular weight is 370 g/mol. The van der Waals surface area contributed by atoms with Gasteiger partial charge in [-0.2, -0.15) is 0 Å². The topological polar surface area (TPSA) is 58.6 Å². The van der Waals surface area contributed by atoms with E-state index in [0.717, 1.165) is 17.7 Å². The van der Waals surface area contributed by atoms with Gasteiger partial charge in [-0.3, -0.25) is 14.5 Å². The number of rotatable bonds is 6. The molecular weight excluding hydrogens is 348 g/mol. The number of carbonyl (C=O) groups is 2. The number of carbonyl (C=O) groups excluding carboxylic acids is 2. The summed E-state index contributed by atoms with van der Waals surface area (Å²) in [7, 11) is 1.48. The Bertz CT molecular complexity index is 792. The first kappa shape index (κ1) is 18.5. The van der Waals surface area contributed by atoms with E-state index in [1.54, 1.807) is 11.8 Å². The van der Waals surface area contributed by atoms with E-state index < -0.39 is 0 Å². The lowest BCUT2D eigenvalue weighted by molar-refractivity contribution is -0.119. The smallest absolute Gasteiger partial charge is 0.250 e. The lowest BCUT2D eigenvalue weighted by Crippen LogP contribution is -2.27. The van der Waals surface area contributed by atoms with Gasteiger partial charge >= 0.3 is 0 Å². The molecule has 2 aromatic rings. The number of nitrogens with zero attached hydrogens (tertiary/aromatic N) is 1. The Kier molecular flexibility index (Phi) is 5.96. The molecule has 1 fully saturated rings. The molecule has 2 aromatic carbocycles. The van der Waals surface area contributed by atoms with Crippen molar-refractivity contribution >= 4 is 35.0 Å². The van der Waals surface area contributed by atoms with E-state index in [1.165, 1.54) is 12.7 Å². The van der Waals surface area contributed by atoms with Crippen LogP contribution in [0, 0.1) is 0 Å². The predicted octanol–water partition coefficient (Wildman–Crippen LogP) is 3.61. The van der Waals surface area contributed by atoms with Gasteiger partial charge in [0.05, 0.1) is 5.75 Å². The molecule has 0 bridgehead atoms. The van der Waals surface area contributed by atoms with E-state index in [2.05, 4.69) is 24.4 Å². The molecule has 0 spiro atoms. The number of benzene rings is 2. The minimum Gasteiger partial charge on any atom is -0.375 e. The number of anilines is 2. The third-order valence-electron chi connectivity index (χ3n) is 4.22. The van der Waals surface area contributed by atoms with Crippen LogP contribution >= 0.6 is 11.8 Å². The summed E-state index contributed by atoms with van der Waals surface area (Å²) in [5.41, 5.74) is 3.82. The Morgan fingerprint density at radius 3 is 2.73 bits per heavy atom. The molecule has 0 radical (unpaired) electrons. The molecule has 1 heterocycles. The molecule has 5 nitrogen and oxygen atoms in total. The van der Waals surface area contributed by atoms with Crippen molar-refractivity contribution in [3.05, 3.63) is 59.7 Å². The Morgan fingerprint density at radius 2 is 2.04 bits per heavy atom. The van der Waals surface area contributed by atoms with Crippen LogP contribution in [-0.2, 0) is 20.7 Å². The summed E-state index contributed by atoms with van der Waals surface area (Å²) in [6.07, 6.45) is 0.968. The minimum atomic E-state index is -0.202. The average Bonchev–Trinajstić information content (AvgIpc) is 3.04. The van der Waals surface area contributed by atoms with Gasteiger partial charge in [0, 0.05) is 18.5 Å². The van der Waals surface area contributed by atoms with Crippen LogP contribution in [0.15, 0.2) is 48.5 Å². The van der Waals surface area contributed by atoms with E-state index in [1.807, 2.05) is 41.3 Å². The van der Waals surface area contributed by atoms with Crippen molar-refractivity contribution in [1.82, 2.24) is 0 Å². The summed E-state index contributed by atoms with van der Waals surface area (Å²) in [4.78, 5) is 26.1. The molecule has 0 aliphatic carbocycles. The first-order chi connectivity index (χ1) is 12.6. The Labute approximate surface area is 157 Å². The van der Waals surface area contributed by atoms with E-state index in [9.17, 15) is 9.59 Å². The van der Waals surface area contributed by atoms with Crippen LogP contribution < -0.4 is 10.2 Å². The SMILES string of the molecule is CCc1ccc(N2C(=O)CSC2c2cccc(NC(=O)COC)c2)cc1. The fraction of sp³-hybridized carbons (Fsp3) is 0.300. The van der Waals surface area contributed by atoms with E-state index >= 15 is 0 Å². The summed E-state index contributed by atoms with van der Waals surface area (Å²) < 4.78 is 4.84. The molecule has 26 heavy (non-hydrogen) atoms. The molecule has 1 N–H and O–H groups in total. The standard InChI is InChI=1S/C20H22N2O3S/c1-3-14-7-9-17(10-8-14)22-19(24)13-26-20(22)15-5-4-6-16(11-15)21-18(23)12-25-2/h4-11,20H,3,12-13H2,1-2H3,(H,21,23). The summed E-state index contributed by atoms with van der Waals surface area (Å²) >= 11 is 1.59. The number of methoxy groups -OCH3 is 1. The van der Waals surface area contributed by atoms with Gasteiger partial charge in [0.25, 0.3) is 0 Å². The van der Waals surface area contributed by atoms with Crippen LogP contribution in [-0.4, -0.2) is 31.3 Å². The second kappa shape index (κ2) is 8.38. The van der Waals surface area contributed by atoms with Gasteiger partial charge in [-0.25, -0.2) is 0 Å². The van der Waals surface area contributed by atoms with E-state index in [0.29, 0.717) is 11.4 Å². The molecule has 136 valence electrons. The first-order valence-corrected chi connectivity index (χ1v) is 9.58. The highest BCUT2D eigenvalue weighted by atomic mass is 32.2. The van der Waals surface area contributed by atoms with Crippen molar-refractivity contribution in [2.24, 2.45) is 0 Å². The second-order valence-electron chi connectivity index (χ2n) is 6.05. The van der Waals surface area contributed by atoms with Crippen molar-refractivity contribution in [3.63, 3.8) is 0 Å². The monoisotopic (exact) mass is 370 g/mol. The van der Waals surface area contributed by atoms with Gasteiger partial charge in [0.2, 0.25) is 11.8 Å². The molecule has 6 heteroatoms. The fourth-order valence-electron chi connectivity index (χ4n) is 2.94. The van der Waals surface area contributed by atoms with Crippen LogP contribution in [0.4, 0.5) is 11.4 Å². The van der Waals surface area contributed by atoms with Gasteiger partial charge in [-0.15, -0.1) is 11.8 Å². The number of aryl methyl sites for hydroxylation is 1. The lowest BCUT2D eigenvalue weighted by Gasteiger charge is -2.25. The number of thioether (sulfide) groups is 1. The molecule has 0 aromatic heterocycles. The van der Waals surface area contributed by atoms with Crippen molar-refractivity contribution < 1.29 is 14.3 Å². The molecular formula is C20H22N2O3S. The molecule has 0 saturated carbocycles. The van der Waals surface area contributed by atoms with Gasteiger partial charge in [0.1, 0.15) is 12.0 Å². The number of hydrogen-bond acceptors (Lipinski definition) is 4. The van der Waals surface area contributed by atoms with E-state index in [4.69, 9.17) is 4.74 Å². The normalized spacial score (nSPS) is 16.8. The zero-order valence-corrected chi connectivity index (χ0v) is 15.7. The Morgan fingerprint density at radius 1 is 1.27 bits per heavy atom.